The van der Waals surface area contributed by atoms with Gasteiger partial charge in [0.2, 0.25) is 11.5 Å². The fourth-order valence-corrected chi connectivity index (χ4v) is 1.59. The molecule has 0 radical (unpaired) electrons. The minimum Gasteiger partial charge on any atom is -0.481 e. The Morgan fingerprint density at radius 3 is 3.00 bits per heavy atom. The van der Waals surface area contributed by atoms with Gasteiger partial charge in [0, 0.05) is 11.5 Å². The van der Waals surface area contributed by atoms with Gasteiger partial charge < -0.3 is 5.11 Å². The minimum absolute atomic E-state index is 0.170. The van der Waals surface area contributed by atoms with Crippen LogP contribution in [0.4, 0.5) is 5.13 Å². The summed E-state index contributed by atoms with van der Waals surface area (Å²) in [6.45, 7) is 2.41. The maximum atomic E-state index is 10.8. The van der Waals surface area contributed by atoms with Crippen LogP contribution in [0.25, 0.3) is 0 Å². The number of hydroxylamine groups is 1. The molecule has 0 aliphatic heterocycles. The summed E-state index contributed by atoms with van der Waals surface area (Å²) >= 11 is 0.927. The maximum Gasteiger partial charge on any atom is 0.311 e. The number of aliphatic carboxylic acids is 1. The van der Waals surface area contributed by atoms with E-state index in [1.807, 2.05) is 6.92 Å². The van der Waals surface area contributed by atoms with Crippen LogP contribution in [-0.2, 0) is 20.8 Å². The van der Waals surface area contributed by atoms with Crippen molar-refractivity contribution in [3.05, 3.63) is 5.82 Å². The summed E-state index contributed by atoms with van der Waals surface area (Å²) in [5.41, 5.74) is 0. The number of anilines is 1. The largest absolute Gasteiger partial charge is 0.481 e. The van der Waals surface area contributed by atoms with Crippen molar-refractivity contribution in [3.63, 3.8) is 0 Å². The monoisotopic (exact) mass is 259 g/mol. The molecule has 7 nitrogen and oxygen atoms in total. The van der Waals surface area contributed by atoms with Crippen LogP contribution in [-0.4, -0.2) is 33.5 Å². The SMILES string of the molecule is CCCCON(C=O)c1nc(CC(=O)O)ns1. The molecule has 0 aromatic carbocycles. The summed E-state index contributed by atoms with van der Waals surface area (Å²) < 4.78 is 3.82. The second-order valence-electron chi connectivity index (χ2n) is 3.18. The molecule has 0 bridgehead atoms. The van der Waals surface area contributed by atoms with Crippen LogP contribution in [0.1, 0.15) is 25.6 Å². The molecule has 0 aliphatic carbocycles. The molecule has 0 fully saturated rings. The predicted octanol–water partition coefficient (Wildman–Crippen LogP) is 0.860. The highest BCUT2D eigenvalue weighted by Gasteiger charge is 2.14. The standard InChI is InChI=1S/C9H13N3O4S/c1-2-3-4-16-12(6-13)9-10-7(11-17-9)5-8(14)15/h6H,2-5H2,1H3,(H,14,15). The van der Waals surface area contributed by atoms with Crippen molar-refractivity contribution in [2.45, 2.75) is 26.2 Å². The van der Waals surface area contributed by atoms with E-state index in [4.69, 9.17) is 9.94 Å². The smallest absolute Gasteiger partial charge is 0.311 e. The third kappa shape index (κ3) is 4.45. The number of hydrogen-bond donors (Lipinski definition) is 1. The molecular formula is C9H13N3O4S. The zero-order valence-electron chi connectivity index (χ0n) is 9.33. The van der Waals surface area contributed by atoms with E-state index in [1.54, 1.807) is 0 Å². The van der Waals surface area contributed by atoms with Crippen molar-refractivity contribution in [3.8, 4) is 0 Å². The molecule has 1 rings (SSSR count). The first-order valence-electron chi connectivity index (χ1n) is 5.09. The molecular weight excluding hydrogens is 246 g/mol. The summed E-state index contributed by atoms with van der Waals surface area (Å²) in [4.78, 5) is 30.3. The summed E-state index contributed by atoms with van der Waals surface area (Å²) in [5, 5.41) is 9.77. The van der Waals surface area contributed by atoms with Gasteiger partial charge in [-0.25, -0.2) is 4.98 Å². The van der Waals surface area contributed by atoms with E-state index >= 15 is 0 Å². The highest BCUT2D eigenvalue weighted by Crippen LogP contribution is 2.16. The Labute approximate surface area is 102 Å². The van der Waals surface area contributed by atoms with Gasteiger partial charge in [-0.15, -0.1) is 0 Å². The van der Waals surface area contributed by atoms with Crippen LogP contribution in [0.15, 0.2) is 0 Å². The summed E-state index contributed by atoms with van der Waals surface area (Å²) in [6, 6.07) is 0. The molecule has 0 saturated carbocycles. The predicted molar refractivity (Wildman–Crippen MR) is 60.7 cm³/mol. The van der Waals surface area contributed by atoms with Gasteiger partial charge in [-0.3, -0.25) is 14.4 Å². The highest BCUT2D eigenvalue weighted by atomic mass is 32.1. The third-order valence-electron chi connectivity index (χ3n) is 1.78. The molecule has 0 unspecified atom stereocenters. The molecule has 0 atom stereocenters. The molecule has 0 saturated heterocycles. The van der Waals surface area contributed by atoms with E-state index in [2.05, 4.69) is 9.36 Å². The number of aromatic nitrogens is 2. The van der Waals surface area contributed by atoms with E-state index in [1.165, 1.54) is 0 Å². The van der Waals surface area contributed by atoms with Crippen molar-refractivity contribution in [2.24, 2.45) is 0 Å². The summed E-state index contributed by atoms with van der Waals surface area (Å²) in [6.07, 6.45) is 2.00. The number of rotatable bonds is 8. The fourth-order valence-electron chi connectivity index (χ4n) is 0.979. The molecule has 1 heterocycles. The maximum absolute atomic E-state index is 10.8. The number of carboxylic acids is 1. The van der Waals surface area contributed by atoms with Gasteiger partial charge in [0.05, 0.1) is 6.61 Å². The summed E-state index contributed by atoms with van der Waals surface area (Å²) in [7, 11) is 0. The topological polar surface area (TPSA) is 92.6 Å². The van der Waals surface area contributed by atoms with E-state index < -0.39 is 5.97 Å². The average molecular weight is 259 g/mol. The second kappa shape index (κ2) is 6.92. The number of nitrogens with zero attached hydrogens (tertiary/aromatic N) is 3. The van der Waals surface area contributed by atoms with Crippen LogP contribution in [0.3, 0.4) is 0 Å². The Morgan fingerprint density at radius 1 is 1.65 bits per heavy atom. The van der Waals surface area contributed by atoms with Crippen molar-refractivity contribution in [1.29, 1.82) is 0 Å². The lowest BCUT2D eigenvalue weighted by Crippen LogP contribution is -2.22. The van der Waals surface area contributed by atoms with E-state index in [0.717, 1.165) is 29.4 Å². The van der Waals surface area contributed by atoms with Gasteiger partial charge in [-0.05, 0) is 6.42 Å². The lowest BCUT2D eigenvalue weighted by Gasteiger charge is -2.11. The third-order valence-corrected chi connectivity index (χ3v) is 2.52. The van der Waals surface area contributed by atoms with Crippen molar-refractivity contribution in [1.82, 2.24) is 9.36 Å². The molecule has 1 amide bonds. The fraction of sp³-hybridized carbons (Fsp3) is 0.556. The average Bonchev–Trinajstić information content (AvgIpc) is 2.72. The van der Waals surface area contributed by atoms with Gasteiger partial charge >= 0.3 is 5.97 Å². The molecule has 1 aromatic rings. The molecule has 0 aliphatic rings. The lowest BCUT2D eigenvalue weighted by molar-refractivity contribution is -0.136. The Bertz CT molecular complexity index is 382. The first kappa shape index (κ1) is 13.5. The molecule has 1 aromatic heterocycles. The highest BCUT2D eigenvalue weighted by molar-refractivity contribution is 7.09. The Morgan fingerprint density at radius 2 is 2.41 bits per heavy atom. The number of hydrogen-bond acceptors (Lipinski definition) is 6. The number of amides is 1. The summed E-state index contributed by atoms with van der Waals surface area (Å²) in [5.74, 6) is -0.845. The Kier molecular flexibility index (Phi) is 5.50. The molecule has 0 spiro atoms. The molecule has 1 N–H and O–H groups in total. The normalized spacial score (nSPS) is 10.2. The number of carbonyl (C=O) groups is 2. The van der Waals surface area contributed by atoms with Crippen LogP contribution in [0.2, 0.25) is 0 Å². The van der Waals surface area contributed by atoms with Crippen molar-refractivity contribution >= 4 is 29.0 Å². The zero-order valence-corrected chi connectivity index (χ0v) is 10.1. The van der Waals surface area contributed by atoms with Crippen molar-refractivity contribution < 1.29 is 19.5 Å². The number of carbonyl (C=O) groups excluding carboxylic acids is 1. The van der Waals surface area contributed by atoms with Crippen LogP contribution in [0, 0.1) is 0 Å². The van der Waals surface area contributed by atoms with E-state index in [9.17, 15) is 9.59 Å². The lowest BCUT2D eigenvalue weighted by atomic mass is 10.4. The first-order chi connectivity index (χ1) is 8.17. The minimum atomic E-state index is -1.01. The number of unbranched alkanes of at least 4 members (excludes halogenated alkanes) is 1. The first-order valence-corrected chi connectivity index (χ1v) is 5.86. The molecule has 17 heavy (non-hydrogen) atoms. The van der Waals surface area contributed by atoms with Gasteiger partial charge in [0.25, 0.3) is 0 Å². The quantitative estimate of drug-likeness (QED) is 0.423. The van der Waals surface area contributed by atoms with Crippen LogP contribution in [0.5, 0.6) is 0 Å². The van der Waals surface area contributed by atoms with Crippen molar-refractivity contribution in [2.75, 3.05) is 11.7 Å². The van der Waals surface area contributed by atoms with Gasteiger partial charge in [0.15, 0.2) is 5.82 Å². The second-order valence-corrected chi connectivity index (χ2v) is 3.91. The van der Waals surface area contributed by atoms with Gasteiger partial charge in [0.1, 0.15) is 6.42 Å². The van der Waals surface area contributed by atoms with Gasteiger partial charge in [-0.2, -0.15) is 9.44 Å². The van der Waals surface area contributed by atoms with E-state index in [-0.39, 0.29) is 17.4 Å². The zero-order chi connectivity index (χ0) is 12.7. The molecule has 8 heteroatoms. The molecule has 94 valence electrons. The van der Waals surface area contributed by atoms with Crippen LogP contribution < -0.4 is 5.06 Å². The van der Waals surface area contributed by atoms with Crippen LogP contribution >= 0.6 is 11.5 Å². The Balaban J connectivity index is 2.59. The number of carboxylic acid groups (broad SMARTS) is 1. The van der Waals surface area contributed by atoms with E-state index in [0.29, 0.717) is 13.0 Å². The Hall–Kier alpha value is -1.54. The van der Waals surface area contributed by atoms with Gasteiger partial charge in [-0.1, -0.05) is 13.3 Å².